The molecule has 0 amide bonds. The van der Waals surface area contributed by atoms with E-state index in [0.717, 1.165) is 10.0 Å². The number of pyridine rings is 2. The molecule has 0 bridgehead atoms. The molecule has 0 fully saturated rings. The van der Waals surface area contributed by atoms with Gasteiger partial charge in [0.1, 0.15) is 12.1 Å². The summed E-state index contributed by atoms with van der Waals surface area (Å²) in [6.45, 7) is 4.69. The quantitative estimate of drug-likeness (QED) is 0.382. The van der Waals surface area contributed by atoms with Gasteiger partial charge in [0.15, 0.2) is 5.11 Å². The molecule has 0 spiro atoms. The maximum Gasteiger partial charge on any atom is 0.349 e. The number of halogens is 1. The van der Waals surface area contributed by atoms with E-state index in [1.54, 1.807) is 43.4 Å². The van der Waals surface area contributed by atoms with Crippen molar-refractivity contribution in [1.29, 1.82) is 0 Å². The fourth-order valence-electron chi connectivity index (χ4n) is 2.41. The van der Waals surface area contributed by atoms with Crippen molar-refractivity contribution in [3.63, 3.8) is 0 Å². The minimum absolute atomic E-state index is 0.0529. The van der Waals surface area contributed by atoms with Crippen LogP contribution < -0.4 is 5.32 Å². The number of anilines is 1. The lowest BCUT2D eigenvalue weighted by molar-refractivity contribution is 0.210. The molecule has 0 aliphatic carbocycles. The lowest BCUT2D eigenvalue weighted by Gasteiger charge is -2.29. The van der Waals surface area contributed by atoms with Crippen LogP contribution in [0.4, 0.5) is 5.82 Å². The van der Waals surface area contributed by atoms with Gasteiger partial charge in [0.2, 0.25) is 0 Å². The highest BCUT2D eigenvalue weighted by Gasteiger charge is 2.28. The summed E-state index contributed by atoms with van der Waals surface area (Å²) in [7, 11) is -3.31. The topological polar surface area (TPSA) is 76.6 Å². The van der Waals surface area contributed by atoms with Crippen molar-refractivity contribution >= 4 is 46.7 Å². The Morgan fingerprint density at radius 3 is 2.57 bits per heavy atom. The van der Waals surface area contributed by atoms with E-state index in [0.29, 0.717) is 37.1 Å². The minimum Gasteiger partial charge on any atom is -0.337 e. The van der Waals surface area contributed by atoms with Crippen molar-refractivity contribution in [3.8, 4) is 0 Å². The number of rotatable bonds is 10. The normalized spacial score (nSPS) is 11.2. The zero-order valence-corrected chi connectivity index (χ0v) is 19.2. The van der Waals surface area contributed by atoms with Crippen molar-refractivity contribution in [1.82, 2.24) is 14.9 Å². The van der Waals surface area contributed by atoms with Crippen molar-refractivity contribution in [2.24, 2.45) is 0 Å². The summed E-state index contributed by atoms with van der Waals surface area (Å²) in [6, 6.07) is 7.54. The maximum atomic E-state index is 13.0. The fourth-order valence-corrected chi connectivity index (χ4v) is 4.72. The predicted molar refractivity (Wildman–Crippen MR) is 119 cm³/mol. The fraction of sp³-hybridized carbons (Fsp3) is 0.389. The monoisotopic (exact) mass is 486 g/mol. The lowest BCUT2D eigenvalue weighted by atomic mass is 10.2. The number of nitrogens with zero attached hydrogens (tertiary/aromatic N) is 3. The van der Waals surface area contributed by atoms with Gasteiger partial charge in [-0.05, 0) is 72.2 Å². The summed E-state index contributed by atoms with van der Waals surface area (Å²) in [5.41, 5.74) is 1.06. The summed E-state index contributed by atoms with van der Waals surface area (Å²) in [5.74, 6) is 0.599. The number of hydrogen-bond donors (Lipinski definition) is 1. The Kier molecular flexibility index (Phi) is 9.47. The molecule has 0 atom stereocenters. The summed E-state index contributed by atoms with van der Waals surface area (Å²) in [4.78, 5) is 10.2. The van der Waals surface area contributed by atoms with Crippen LogP contribution in [-0.2, 0) is 20.0 Å². The second-order valence-corrected chi connectivity index (χ2v) is 9.08. The van der Waals surface area contributed by atoms with Crippen LogP contribution in [0.15, 0.2) is 47.3 Å². The molecule has 0 aliphatic heterocycles. The Labute approximate surface area is 179 Å². The highest BCUT2D eigenvalue weighted by molar-refractivity contribution is 9.10. The van der Waals surface area contributed by atoms with E-state index >= 15 is 0 Å². The number of hydrogen-bond acceptors (Lipinski definition) is 6. The molecule has 0 unspecified atom stereocenters. The molecule has 0 saturated heterocycles. The van der Waals surface area contributed by atoms with Gasteiger partial charge >= 0.3 is 7.60 Å². The number of aromatic nitrogens is 2. The molecule has 2 rings (SSSR count). The second kappa shape index (κ2) is 11.6. The van der Waals surface area contributed by atoms with Gasteiger partial charge in [0.25, 0.3) is 0 Å². The smallest absolute Gasteiger partial charge is 0.337 e. The van der Waals surface area contributed by atoms with E-state index in [2.05, 4.69) is 31.2 Å². The lowest BCUT2D eigenvalue weighted by Crippen LogP contribution is -2.37. The summed E-state index contributed by atoms with van der Waals surface area (Å²) in [5, 5.41) is 3.49. The van der Waals surface area contributed by atoms with Crippen LogP contribution in [0.2, 0.25) is 0 Å². The molecule has 0 saturated carbocycles. The zero-order chi connectivity index (χ0) is 20.4. The van der Waals surface area contributed by atoms with Crippen LogP contribution >= 0.6 is 35.7 Å². The van der Waals surface area contributed by atoms with Gasteiger partial charge in [-0.1, -0.05) is 6.07 Å². The first-order valence-corrected chi connectivity index (χ1v) is 11.8. The predicted octanol–water partition coefficient (Wildman–Crippen LogP) is 4.70. The van der Waals surface area contributed by atoms with Crippen LogP contribution in [0.25, 0.3) is 0 Å². The highest BCUT2D eigenvalue weighted by atomic mass is 79.9. The van der Waals surface area contributed by atoms with E-state index in [-0.39, 0.29) is 6.29 Å². The Balaban J connectivity index is 2.14. The Hall–Kier alpha value is -1.38. The third kappa shape index (κ3) is 7.56. The second-order valence-electron chi connectivity index (χ2n) is 5.75. The van der Waals surface area contributed by atoms with Crippen LogP contribution in [-0.4, -0.2) is 46.0 Å². The molecule has 2 aromatic rings. The van der Waals surface area contributed by atoms with Crippen LogP contribution in [0.1, 0.15) is 19.4 Å². The zero-order valence-electron chi connectivity index (χ0n) is 15.9. The molecule has 10 heteroatoms. The van der Waals surface area contributed by atoms with E-state index in [9.17, 15) is 4.57 Å². The third-order valence-electron chi connectivity index (χ3n) is 3.64. The largest absolute Gasteiger partial charge is 0.349 e. The van der Waals surface area contributed by atoms with Crippen molar-refractivity contribution in [2.75, 3.05) is 31.4 Å². The molecule has 2 aromatic heterocycles. The molecule has 28 heavy (non-hydrogen) atoms. The van der Waals surface area contributed by atoms with Crippen molar-refractivity contribution in [3.05, 3.63) is 52.9 Å². The molecule has 0 aromatic carbocycles. The first-order chi connectivity index (χ1) is 13.5. The SMILES string of the molecule is CCOP(=O)(CN(CCc1cccnc1)C(=S)Nc1ccc(Br)cn1)OCC. The summed E-state index contributed by atoms with van der Waals surface area (Å²) < 4.78 is 24.8. The first-order valence-electron chi connectivity index (χ1n) is 8.90. The molecule has 2 heterocycles. The standard InChI is InChI=1S/C18H24BrN4O3PS/c1-3-25-27(24,26-4-2)14-23(11-9-15-6-5-10-20-12-15)18(28)22-17-8-7-16(19)13-21-17/h5-8,10,12-13H,3-4,9,11,14H2,1-2H3,(H,21,22,28). The first kappa shape index (κ1) is 22.9. The molecular weight excluding hydrogens is 463 g/mol. The van der Waals surface area contributed by atoms with Gasteiger partial charge in [-0.3, -0.25) is 9.55 Å². The molecule has 0 radical (unpaired) electrons. The van der Waals surface area contributed by atoms with Crippen molar-refractivity contribution in [2.45, 2.75) is 20.3 Å². The van der Waals surface area contributed by atoms with E-state index < -0.39 is 7.60 Å². The van der Waals surface area contributed by atoms with Gasteiger partial charge in [0.05, 0.1) is 13.2 Å². The minimum atomic E-state index is -3.31. The molecule has 0 aliphatic rings. The average molecular weight is 487 g/mol. The van der Waals surface area contributed by atoms with Crippen LogP contribution in [0.3, 0.4) is 0 Å². The van der Waals surface area contributed by atoms with Crippen molar-refractivity contribution < 1.29 is 13.6 Å². The Morgan fingerprint density at radius 2 is 2.00 bits per heavy atom. The Morgan fingerprint density at radius 1 is 1.25 bits per heavy atom. The summed E-state index contributed by atoms with van der Waals surface area (Å²) in [6.07, 6.45) is 5.94. The number of nitrogens with one attached hydrogen (secondary N) is 1. The Bertz CT molecular complexity index is 785. The third-order valence-corrected chi connectivity index (χ3v) is 6.46. The van der Waals surface area contributed by atoms with Gasteiger partial charge in [0, 0.05) is 29.6 Å². The maximum absolute atomic E-state index is 13.0. The molecule has 152 valence electrons. The van der Waals surface area contributed by atoms with Gasteiger partial charge in [-0.2, -0.15) is 0 Å². The van der Waals surface area contributed by atoms with Gasteiger partial charge in [-0.15, -0.1) is 0 Å². The number of thiocarbonyl (C=S) groups is 1. The van der Waals surface area contributed by atoms with Gasteiger partial charge < -0.3 is 19.3 Å². The van der Waals surface area contributed by atoms with E-state index in [1.165, 1.54) is 0 Å². The van der Waals surface area contributed by atoms with E-state index in [4.69, 9.17) is 21.3 Å². The van der Waals surface area contributed by atoms with Crippen LogP contribution in [0, 0.1) is 0 Å². The highest BCUT2D eigenvalue weighted by Crippen LogP contribution is 2.48. The summed E-state index contributed by atoms with van der Waals surface area (Å²) >= 11 is 8.91. The van der Waals surface area contributed by atoms with E-state index in [1.807, 2.05) is 18.2 Å². The average Bonchev–Trinajstić information content (AvgIpc) is 2.68. The van der Waals surface area contributed by atoms with Gasteiger partial charge in [-0.25, -0.2) is 4.98 Å². The molecule has 7 nitrogen and oxygen atoms in total. The van der Waals surface area contributed by atoms with Crippen LogP contribution in [0.5, 0.6) is 0 Å². The molecular formula is C18H24BrN4O3PS. The molecule has 1 N–H and O–H groups in total.